The lowest BCUT2D eigenvalue weighted by Crippen LogP contribution is -2.47. The number of amides is 1. The van der Waals surface area contributed by atoms with Crippen molar-refractivity contribution in [3.63, 3.8) is 0 Å². The monoisotopic (exact) mass is 397 g/mol. The number of hydrogen-bond donors (Lipinski definition) is 1. The molecule has 1 unspecified atom stereocenters. The van der Waals surface area contributed by atoms with Gasteiger partial charge in [-0.25, -0.2) is 8.42 Å². The average Bonchev–Trinajstić information content (AvgIpc) is 2.63. The predicted octanol–water partition coefficient (Wildman–Crippen LogP) is 2.38. The number of rotatable bonds is 8. The van der Waals surface area contributed by atoms with E-state index < -0.39 is 26.4 Å². The fourth-order valence-electron chi connectivity index (χ4n) is 3.29. The molecule has 1 N–H and O–H groups in total. The number of hydrogen-bond acceptors (Lipinski definition) is 6. The Hall–Kier alpha value is -2.00. The van der Waals surface area contributed by atoms with Crippen LogP contribution >= 0.6 is 0 Å². The van der Waals surface area contributed by atoms with E-state index in [4.69, 9.17) is 0 Å². The highest BCUT2D eigenvalue weighted by molar-refractivity contribution is 7.90. The average molecular weight is 397 g/mol. The van der Waals surface area contributed by atoms with Gasteiger partial charge in [-0.15, -0.1) is 0 Å². The second kappa shape index (κ2) is 9.27. The Balaban J connectivity index is 2.12. The maximum atomic E-state index is 12.5. The summed E-state index contributed by atoms with van der Waals surface area (Å²) in [5.41, 5.74) is -0.425. The number of non-ortho nitro benzene ring substituents is 1. The molecule has 9 heteroatoms. The van der Waals surface area contributed by atoms with Gasteiger partial charge in [0.25, 0.3) is 11.6 Å². The summed E-state index contributed by atoms with van der Waals surface area (Å²) < 4.78 is 23.5. The Morgan fingerprint density at radius 3 is 2.70 bits per heavy atom. The van der Waals surface area contributed by atoms with Crippen molar-refractivity contribution in [3.05, 3.63) is 33.9 Å². The van der Waals surface area contributed by atoms with Gasteiger partial charge in [0.1, 0.15) is 0 Å². The minimum absolute atomic E-state index is 0.0134. The zero-order valence-electron chi connectivity index (χ0n) is 15.8. The first-order valence-electron chi connectivity index (χ1n) is 9.24. The molecule has 0 aliphatic carbocycles. The van der Waals surface area contributed by atoms with Crippen molar-refractivity contribution < 1.29 is 18.1 Å². The summed E-state index contributed by atoms with van der Waals surface area (Å²) in [4.78, 5) is 25.0. The molecule has 1 aliphatic rings. The van der Waals surface area contributed by atoms with Crippen molar-refractivity contribution in [2.45, 2.75) is 50.0 Å². The molecule has 1 heterocycles. The summed E-state index contributed by atoms with van der Waals surface area (Å²) in [6.07, 6.45) is 6.43. The van der Waals surface area contributed by atoms with Crippen LogP contribution in [0.5, 0.6) is 0 Å². The van der Waals surface area contributed by atoms with Crippen LogP contribution in [0.1, 0.15) is 49.4 Å². The number of sulfone groups is 1. The fourth-order valence-corrected chi connectivity index (χ4v) is 3.97. The smallest absolute Gasteiger partial charge is 0.271 e. The number of likely N-dealkylation sites (tertiary alicyclic amines) is 1. The Labute approximate surface area is 160 Å². The van der Waals surface area contributed by atoms with Gasteiger partial charge in [-0.05, 0) is 38.4 Å². The van der Waals surface area contributed by atoms with Crippen LogP contribution in [-0.2, 0) is 9.84 Å². The molecule has 1 aliphatic heterocycles. The third-order valence-electron chi connectivity index (χ3n) is 4.84. The first-order chi connectivity index (χ1) is 12.7. The van der Waals surface area contributed by atoms with E-state index in [1.54, 1.807) is 0 Å². The zero-order valence-corrected chi connectivity index (χ0v) is 16.6. The van der Waals surface area contributed by atoms with Gasteiger partial charge in [0.05, 0.1) is 9.82 Å². The minimum Gasteiger partial charge on any atom is -0.350 e. The Morgan fingerprint density at radius 2 is 2.07 bits per heavy atom. The van der Waals surface area contributed by atoms with Crippen molar-refractivity contribution in [3.8, 4) is 0 Å². The second-order valence-corrected chi connectivity index (χ2v) is 9.01. The molecule has 8 nitrogen and oxygen atoms in total. The van der Waals surface area contributed by atoms with Crippen molar-refractivity contribution >= 4 is 21.4 Å². The van der Waals surface area contributed by atoms with E-state index >= 15 is 0 Å². The highest BCUT2D eigenvalue weighted by Crippen LogP contribution is 2.21. The normalized spacial score (nSPS) is 18.2. The van der Waals surface area contributed by atoms with Gasteiger partial charge in [-0.1, -0.05) is 19.8 Å². The molecule has 1 saturated heterocycles. The molecular weight excluding hydrogens is 370 g/mol. The number of nitrogens with zero attached hydrogens (tertiary/aromatic N) is 2. The minimum atomic E-state index is -3.66. The third-order valence-corrected chi connectivity index (χ3v) is 5.93. The van der Waals surface area contributed by atoms with Crippen molar-refractivity contribution in [2.24, 2.45) is 0 Å². The predicted molar refractivity (Wildman–Crippen MR) is 103 cm³/mol. The zero-order chi connectivity index (χ0) is 20.0. The molecule has 1 aromatic carbocycles. The molecule has 1 aromatic rings. The van der Waals surface area contributed by atoms with Gasteiger partial charge in [-0.2, -0.15) is 0 Å². The standard InChI is InChI=1S/C18H27N3O5S/c1-3-4-8-20-9-6-5-7-15(20)13-19-18(22)14-10-16(21(23)24)12-17(11-14)27(2,25)26/h10-12,15H,3-9,13H2,1-2H3,(H,19,22). The van der Waals surface area contributed by atoms with Crippen molar-refractivity contribution in [1.82, 2.24) is 10.2 Å². The van der Waals surface area contributed by atoms with E-state index in [9.17, 15) is 23.3 Å². The summed E-state index contributed by atoms with van der Waals surface area (Å²) in [6, 6.07) is 3.51. The largest absolute Gasteiger partial charge is 0.350 e. The van der Waals surface area contributed by atoms with Crippen molar-refractivity contribution in [2.75, 3.05) is 25.9 Å². The molecule has 0 aromatic heterocycles. The van der Waals surface area contributed by atoms with Crippen LogP contribution in [0.25, 0.3) is 0 Å². The highest BCUT2D eigenvalue weighted by Gasteiger charge is 2.23. The van der Waals surface area contributed by atoms with E-state index in [-0.39, 0.29) is 16.5 Å². The molecular formula is C18H27N3O5S. The van der Waals surface area contributed by atoms with Crippen molar-refractivity contribution in [1.29, 1.82) is 0 Å². The molecule has 0 saturated carbocycles. The number of nitro groups is 1. The molecule has 0 spiro atoms. The number of nitro benzene ring substituents is 1. The van der Waals surface area contributed by atoms with E-state index in [1.165, 1.54) is 6.07 Å². The summed E-state index contributed by atoms with van der Waals surface area (Å²) in [7, 11) is -3.66. The molecule has 0 bridgehead atoms. The van der Waals surface area contributed by atoms with Gasteiger partial charge in [0, 0.05) is 36.5 Å². The van der Waals surface area contributed by atoms with Gasteiger partial charge in [0.15, 0.2) is 9.84 Å². The Morgan fingerprint density at radius 1 is 1.33 bits per heavy atom. The van der Waals surface area contributed by atoms with Gasteiger partial charge in [0.2, 0.25) is 0 Å². The highest BCUT2D eigenvalue weighted by atomic mass is 32.2. The maximum Gasteiger partial charge on any atom is 0.271 e. The summed E-state index contributed by atoms with van der Waals surface area (Å²) in [5, 5.41) is 13.9. The Kier molecular flexibility index (Phi) is 7.32. The van der Waals surface area contributed by atoms with E-state index in [0.29, 0.717) is 6.54 Å². The lowest BCUT2D eigenvalue weighted by Gasteiger charge is -2.35. The lowest BCUT2D eigenvalue weighted by atomic mass is 10.0. The summed E-state index contributed by atoms with van der Waals surface area (Å²) >= 11 is 0. The second-order valence-electron chi connectivity index (χ2n) is 6.99. The van der Waals surface area contributed by atoms with Crippen LogP contribution in [0.4, 0.5) is 5.69 Å². The molecule has 1 atom stereocenters. The molecule has 2 rings (SSSR count). The number of benzene rings is 1. The number of carbonyl (C=O) groups excluding carboxylic acids is 1. The molecule has 1 fully saturated rings. The Bertz CT molecular complexity index is 794. The maximum absolute atomic E-state index is 12.5. The number of carbonyl (C=O) groups is 1. The van der Waals surface area contributed by atoms with Crippen LogP contribution in [-0.4, -0.2) is 56.1 Å². The summed E-state index contributed by atoms with van der Waals surface area (Å²) in [5.74, 6) is -0.496. The third kappa shape index (κ3) is 6.00. The van der Waals surface area contributed by atoms with Gasteiger partial charge < -0.3 is 5.32 Å². The molecule has 27 heavy (non-hydrogen) atoms. The molecule has 150 valence electrons. The van der Waals surface area contributed by atoms with Gasteiger partial charge >= 0.3 is 0 Å². The SMILES string of the molecule is CCCCN1CCCCC1CNC(=O)c1cc([N+](=O)[O-])cc(S(C)(=O)=O)c1. The van der Waals surface area contributed by atoms with Crippen LogP contribution in [0.2, 0.25) is 0 Å². The van der Waals surface area contributed by atoms with E-state index in [1.807, 2.05) is 0 Å². The van der Waals surface area contributed by atoms with Crippen LogP contribution in [0, 0.1) is 10.1 Å². The quantitative estimate of drug-likeness (QED) is 0.533. The van der Waals surface area contributed by atoms with Crippen LogP contribution in [0.15, 0.2) is 23.1 Å². The number of piperidine rings is 1. The number of unbranched alkanes of at least 4 members (excludes halogenated alkanes) is 1. The first-order valence-corrected chi connectivity index (χ1v) is 11.1. The summed E-state index contributed by atoms with van der Waals surface area (Å²) in [6.45, 7) is 4.59. The van der Waals surface area contributed by atoms with Gasteiger partial charge in [-0.3, -0.25) is 19.8 Å². The first kappa shape index (κ1) is 21.3. The van der Waals surface area contributed by atoms with E-state index in [2.05, 4.69) is 17.1 Å². The van der Waals surface area contributed by atoms with Crippen LogP contribution < -0.4 is 5.32 Å². The topological polar surface area (TPSA) is 110 Å². The molecule has 1 amide bonds. The lowest BCUT2D eigenvalue weighted by molar-refractivity contribution is -0.385. The number of nitrogens with one attached hydrogen (secondary N) is 1. The van der Waals surface area contributed by atoms with E-state index in [0.717, 1.165) is 63.6 Å². The van der Waals surface area contributed by atoms with Crippen LogP contribution in [0.3, 0.4) is 0 Å². The molecule has 0 radical (unpaired) electrons. The fraction of sp³-hybridized carbons (Fsp3) is 0.611.